The predicted octanol–water partition coefficient (Wildman–Crippen LogP) is 3.83. The van der Waals surface area contributed by atoms with Gasteiger partial charge in [0, 0.05) is 37.8 Å². The van der Waals surface area contributed by atoms with Gasteiger partial charge in [0.25, 0.3) is 5.91 Å². The van der Waals surface area contributed by atoms with Crippen LogP contribution < -0.4 is 9.64 Å². The third-order valence-electron chi connectivity index (χ3n) is 5.23. The molecular weight excluding hydrogens is 411 g/mol. The fraction of sp³-hybridized carbons (Fsp3) is 0.208. The summed E-state index contributed by atoms with van der Waals surface area (Å²) in [6, 6.07) is 15.5. The van der Waals surface area contributed by atoms with Crippen molar-refractivity contribution in [1.29, 1.82) is 5.26 Å². The first kappa shape index (κ1) is 21.1. The summed E-state index contributed by atoms with van der Waals surface area (Å²) in [5.41, 5.74) is 1.09. The number of hydrogen-bond donors (Lipinski definition) is 0. The van der Waals surface area contributed by atoms with Gasteiger partial charge in [-0.1, -0.05) is 30.3 Å². The largest absolute Gasteiger partial charge is 0.496 e. The standard InChI is InChI=1S/C24H21FN4O3/c1-31-21-9-5-2-6-17(21)10-11-22-27-20(16-26)24(32-22)29-14-12-28(13-15-29)23(30)18-7-3-4-8-19(18)25/h2-11H,12-15H2,1H3. The van der Waals surface area contributed by atoms with Gasteiger partial charge in [-0.3, -0.25) is 4.79 Å². The summed E-state index contributed by atoms with van der Waals surface area (Å²) in [5, 5.41) is 9.50. The highest BCUT2D eigenvalue weighted by atomic mass is 19.1. The molecule has 0 atom stereocenters. The van der Waals surface area contributed by atoms with Crippen LogP contribution in [0, 0.1) is 17.1 Å². The Morgan fingerprint density at radius 2 is 1.84 bits per heavy atom. The average Bonchev–Trinajstić information content (AvgIpc) is 3.26. The lowest BCUT2D eigenvalue weighted by molar-refractivity contribution is 0.0740. The molecule has 7 nitrogen and oxygen atoms in total. The summed E-state index contributed by atoms with van der Waals surface area (Å²) >= 11 is 0. The number of oxazole rings is 1. The van der Waals surface area contributed by atoms with Crippen molar-refractivity contribution in [1.82, 2.24) is 9.88 Å². The Kier molecular flexibility index (Phi) is 6.17. The van der Waals surface area contributed by atoms with E-state index in [-0.39, 0.29) is 17.2 Å². The number of para-hydroxylation sites is 1. The molecule has 0 spiro atoms. The molecule has 1 amide bonds. The smallest absolute Gasteiger partial charge is 0.256 e. The number of ether oxygens (including phenoxy) is 1. The molecule has 8 heteroatoms. The predicted molar refractivity (Wildman–Crippen MR) is 118 cm³/mol. The van der Waals surface area contributed by atoms with E-state index in [0.717, 1.165) is 5.56 Å². The maximum Gasteiger partial charge on any atom is 0.256 e. The summed E-state index contributed by atoms with van der Waals surface area (Å²) in [6.45, 7) is 1.65. The van der Waals surface area contributed by atoms with Gasteiger partial charge >= 0.3 is 0 Å². The summed E-state index contributed by atoms with van der Waals surface area (Å²) in [6.07, 6.45) is 3.49. The maximum atomic E-state index is 13.9. The van der Waals surface area contributed by atoms with Gasteiger partial charge in [-0.25, -0.2) is 4.39 Å². The first-order chi connectivity index (χ1) is 15.6. The average molecular weight is 432 g/mol. The number of carbonyl (C=O) groups excluding carboxylic acids is 1. The van der Waals surface area contributed by atoms with Crippen molar-refractivity contribution in [2.24, 2.45) is 0 Å². The van der Waals surface area contributed by atoms with Crippen LogP contribution in [0.15, 0.2) is 52.9 Å². The Morgan fingerprint density at radius 1 is 1.12 bits per heavy atom. The van der Waals surface area contributed by atoms with Crippen molar-refractivity contribution < 1.29 is 18.3 Å². The first-order valence-corrected chi connectivity index (χ1v) is 10.1. The molecule has 1 aliphatic heterocycles. The number of benzene rings is 2. The highest BCUT2D eigenvalue weighted by Crippen LogP contribution is 2.26. The number of halogens is 1. The highest BCUT2D eigenvalue weighted by Gasteiger charge is 2.27. The molecule has 32 heavy (non-hydrogen) atoms. The Labute approximate surface area is 185 Å². The summed E-state index contributed by atoms with van der Waals surface area (Å²) in [4.78, 5) is 20.4. The Balaban J connectivity index is 1.46. The zero-order chi connectivity index (χ0) is 22.5. The van der Waals surface area contributed by atoms with Crippen molar-refractivity contribution >= 4 is 23.9 Å². The van der Waals surface area contributed by atoms with E-state index in [4.69, 9.17) is 9.15 Å². The van der Waals surface area contributed by atoms with Gasteiger partial charge < -0.3 is 19.0 Å². The van der Waals surface area contributed by atoms with E-state index in [1.165, 1.54) is 12.1 Å². The number of rotatable bonds is 5. The molecule has 0 saturated carbocycles. The van der Waals surface area contributed by atoms with Gasteiger partial charge in [-0.05, 0) is 24.3 Å². The minimum Gasteiger partial charge on any atom is -0.496 e. The zero-order valence-electron chi connectivity index (χ0n) is 17.5. The van der Waals surface area contributed by atoms with Crippen LogP contribution >= 0.6 is 0 Å². The number of nitrogens with zero attached hydrogens (tertiary/aromatic N) is 4. The van der Waals surface area contributed by atoms with E-state index >= 15 is 0 Å². The summed E-state index contributed by atoms with van der Waals surface area (Å²) < 4.78 is 25.1. The summed E-state index contributed by atoms with van der Waals surface area (Å²) in [7, 11) is 1.60. The Bertz CT molecular complexity index is 1190. The number of aromatic nitrogens is 1. The second kappa shape index (κ2) is 9.35. The number of piperazine rings is 1. The lowest BCUT2D eigenvalue weighted by Crippen LogP contribution is -2.49. The number of nitriles is 1. The molecule has 0 N–H and O–H groups in total. The SMILES string of the molecule is COc1ccccc1C=Cc1nc(C#N)c(N2CCN(C(=O)c3ccccc3F)CC2)o1. The normalized spacial score (nSPS) is 13.9. The molecule has 4 rings (SSSR count). The molecule has 2 aromatic carbocycles. The van der Waals surface area contributed by atoms with Crippen LogP contribution in [0.5, 0.6) is 5.75 Å². The molecule has 1 aliphatic rings. The van der Waals surface area contributed by atoms with Gasteiger partial charge in [0.05, 0.1) is 12.7 Å². The van der Waals surface area contributed by atoms with E-state index in [2.05, 4.69) is 11.1 Å². The lowest BCUT2D eigenvalue weighted by atomic mass is 10.1. The molecule has 0 unspecified atom stereocenters. The van der Waals surface area contributed by atoms with Crippen LogP contribution in [0.3, 0.4) is 0 Å². The third kappa shape index (κ3) is 4.32. The molecular formula is C24H21FN4O3. The van der Waals surface area contributed by atoms with Gasteiger partial charge in [-0.2, -0.15) is 10.2 Å². The van der Waals surface area contributed by atoms with Gasteiger partial charge in [0.15, 0.2) is 0 Å². The quantitative estimate of drug-likeness (QED) is 0.610. The van der Waals surface area contributed by atoms with E-state index < -0.39 is 5.82 Å². The van der Waals surface area contributed by atoms with Crippen LogP contribution in [-0.2, 0) is 0 Å². The highest BCUT2D eigenvalue weighted by molar-refractivity contribution is 5.94. The minimum absolute atomic E-state index is 0.0575. The number of carbonyl (C=O) groups is 1. The molecule has 3 aromatic rings. The molecule has 2 heterocycles. The molecule has 1 saturated heterocycles. The van der Waals surface area contributed by atoms with E-state index in [0.29, 0.717) is 43.7 Å². The van der Waals surface area contributed by atoms with Crippen LogP contribution in [0.1, 0.15) is 27.5 Å². The molecule has 0 radical (unpaired) electrons. The van der Waals surface area contributed by atoms with Crippen molar-refractivity contribution in [2.45, 2.75) is 0 Å². The van der Waals surface area contributed by atoms with Crippen LogP contribution in [0.2, 0.25) is 0 Å². The summed E-state index contributed by atoms with van der Waals surface area (Å²) in [5.74, 6) is 0.499. The monoisotopic (exact) mass is 432 g/mol. The number of anilines is 1. The fourth-order valence-corrected chi connectivity index (χ4v) is 3.57. The van der Waals surface area contributed by atoms with Gasteiger partial charge in [-0.15, -0.1) is 0 Å². The molecule has 0 aliphatic carbocycles. The van der Waals surface area contributed by atoms with E-state index in [9.17, 15) is 14.4 Å². The topological polar surface area (TPSA) is 82.6 Å². The van der Waals surface area contributed by atoms with Gasteiger partial charge in [0.2, 0.25) is 17.5 Å². The first-order valence-electron chi connectivity index (χ1n) is 10.1. The second-order valence-corrected chi connectivity index (χ2v) is 7.15. The Hall–Kier alpha value is -4.12. The lowest BCUT2D eigenvalue weighted by Gasteiger charge is -2.34. The van der Waals surface area contributed by atoms with E-state index in [1.54, 1.807) is 36.3 Å². The zero-order valence-corrected chi connectivity index (χ0v) is 17.5. The van der Waals surface area contributed by atoms with Crippen molar-refractivity contribution in [2.75, 3.05) is 38.2 Å². The number of hydrogen-bond acceptors (Lipinski definition) is 6. The van der Waals surface area contributed by atoms with E-state index in [1.807, 2.05) is 29.2 Å². The van der Waals surface area contributed by atoms with Gasteiger partial charge in [0.1, 0.15) is 17.6 Å². The molecule has 1 fully saturated rings. The third-order valence-corrected chi connectivity index (χ3v) is 5.23. The van der Waals surface area contributed by atoms with Crippen molar-refractivity contribution in [3.05, 3.63) is 77.1 Å². The van der Waals surface area contributed by atoms with Crippen molar-refractivity contribution in [3.8, 4) is 11.8 Å². The Morgan fingerprint density at radius 3 is 2.56 bits per heavy atom. The second-order valence-electron chi connectivity index (χ2n) is 7.15. The molecule has 162 valence electrons. The maximum absolute atomic E-state index is 13.9. The molecule has 1 aromatic heterocycles. The minimum atomic E-state index is -0.534. The molecule has 0 bridgehead atoms. The number of amides is 1. The van der Waals surface area contributed by atoms with Crippen LogP contribution in [0.4, 0.5) is 10.3 Å². The fourth-order valence-electron chi connectivity index (χ4n) is 3.57. The number of methoxy groups -OCH3 is 1. The van der Waals surface area contributed by atoms with Crippen LogP contribution in [-0.4, -0.2) is 49.1 Å². The van der Waals surface area contributed by atoms with Crippen LogP contribution in [0.25, 0.3) is 12.2 Å². The van der Waals surface area contributed by atoms with Crippen molar-refractivity contribution in [3.63, 3.8) is 0 Å².